The van der Waals surface area contributed by atoms with Crippen LogP contribution in [0.25, 0.3) is 0 Å². The summed E-state index contributed by atoms with van der Waals surface area (Å²) in [5.74, 6) is 0.557. The Morgan fingerprint density at radius 3 is 2.42 bits per heavy atom. The first-order valence-electron chi connectivity index (χ1n) is 4.08. The Kier molecular flexibility index (Phi) is 2.00. The highest BCUT2D eigenvalue weighted by Gasteiger charge is 2.21. The summed E-state index contributed by atoms with van der Waals surface area (Å²) in [7, 11) is 0. The van der Waals surface area contributed by atoms with Gasteiger partial charge in [0, 0.05) is 0 Å². The van der Waals surface area contributed by atoms with Crippen LogP contribution >= 0.6 is 0 Å². The van der Waals surface area contributed by atoms with Crippen LogP contribution in [-0.2, 0) is 5.54 Å². The smallest absolute Gasteiger partial charge is 0.145 e. The highest BCUT2D eigenvalue weighted by Crippen LogP contribution is 2.25. The molecule has 0 fully saturated rings. The third kappa shape index (κ3) is 1.24. The average Bonchev–Trinajstić information content (AvgIpc) is 2.33. The normalized spacial score (nSPS) is 11.9. The highest BCUT2D eigenvalue weighted by atomic mass is 15.3. The second-order valence-corrected chi connectivity index (χ2v) is 3.56. The number of aromatic nitrogens is 2. The Morgan fingerprint density at radius 2 is 2.08 bits per heavy atom. The molecule has 4 heteroatoms. The Hall–Kier alpha value is -1.19. The van der Waals surface area contributed by atoms with E-state index < -0.39 is 0 Å². The van der Waals surface area contributed by atoms with E-state index in [1.807, 2.05) is 0 Å². The summed E-state index contributed by atoms with van der Waals surface area (Å²) in [6, 6.07) is 0. The summed E-state index contributed by atoms with van der Waals surface area (Å²) in [5.41, 5.74) is 11.8. The molecule has 1 aromatic heterocycles. The molecule has 1 rings (SSSR count). The van der Waals surface area contributed by atoms with Crippen molar-refractivity contribution < 1.29 is 0 Å². The summed E-state index contributed by atoms with van der Waals surface area (Å²) in [4.78, 5) is 0. The van der Waals surface area contributed by atoms with Crippen molar-refractivity contribution in [1.82, 2.24) is 9.78 Å². The van der Waals surface area contributed by atoms with E-state index in [1.165, 1.54) is 0 Å². The summed E-state index contributed by atoms with van der Waals surface area (Å²) in [6.45, 7) is 6.25. The molecular weight excluding hydrogens is 152 g/mol. The predicted octanol–water partition coefficient (Wildman–Crippen LogP) is 1.19. The molecule has 4 nitrogen and oxygen atoms in total. The van der Waals surface area contributed by atoms with Gasteiger partial charge in [0.05, 0.1) is 17.4 Å². The maximum atomic E-state index is 5.74. The molecule has 0 aliphatic carbocycles. The van der Waals surface area contributed by atoms with Gasteiger partial charge in [0.2, 0.25) is 0 Å². The van der Waals surface area contributed by atoms with Crippen molar-refractivity contribution in [3.05, 3.63) is 6.20 Å². The van der Waals surface area contributed by atoms with E-state index in [0.717, 1.165) is 6.42 Å². The van der Waals surface area contributed by atoms with Gasteiger partial charge in [-0.15, -0.1) is 0 Å². The Morgan fingerprint density at radius 1 is 1.50 bits per heavy atom. The fraction of sp³-hybridized carbons (Fsp3) is 0.625. The van der Waals surface area contributed by atoms with Crippen LogP contribution in [0.4, 0.5) is 11.5 Å². The van der Waals surface area contributed by atoms with Crippen molar-refractivity contribution in [1.29, 1.82) is 0 Å². The van der Waals surface area contributed by atoms with Crippen LogP contribution in [0.5, 0.6) is 0 Å². The van der Waals surface area contributed by atoms with Gasteiger partial charge in [-0.25, -0.2) is 4.68 Å². The second kappa shape index (κ2) is 2.69. The van der Waals surface area contributed by atoms with Gasteiger partial charge < -0.3 is 11.5 Å². The summed E-state index contributed by atoms with van der Waals surface area (Å²) >= 11 is 0. The van der Waals surface area contributed by atoms with Crippen molar-refractivity contribution in [2.24, 2.45) is 0 Å². The Bertz CT molecular complexity index is 275. The third-order valence-electron chi connectivity index (χ3n) is 2.27. The number of nitrogens with zero attached hydrogens (tertiary/aromatic N) is 2. The summed E-state index contributed by atoms with van der Waals surface area (Å²) < 4.78 is 1.77. The molecule has 0 saturated carbocycles. The lowest BCUT2D eigenvalue weighted by Gasteiger charge is -2.24. The first kappa shape index (κ1) is 8.90. The first-order valence-corrected chi connectivity index (χ1v) is 4.08. The van der Waals surface area contributed by atoms with Crippen LogP contribution in [0.2, 0.25) is 0 Å². The molecule has 1 heterocycles. The lowest BCUT2D eigenvalue weighted by Crippen LogP contribution is -2.27. The molecule has 12 heavy (non-hydrogen) atoms. The molecule has 0 unspecified atom stereocenters. The largest absolute Gasteiger partial charge is 0.394 e. The van der Waals surface area contributed by atoms with E-state index in [-0.39, 0.29) is 5.54 Å². The third-order valence-corrected chi connectivity index (χ3v) is 2.27. The molecule has 1 aromatic rings. The molecule has 0 radical (unpaired) electrons. The number of hydrogen-bond donors (Lipinski definition) is 2. The molecule has 0 spiro atoms. The van der Waals surface area contributed by atoms with Crippen molar-refractivity contribution >= 4 is 11.5 Å². The highest BCUT2D eigenvalue weighted by molar-refractivity contribution is 5.57. The zero-order valence-electron chi connectivity index (χ0n) is 7.83. The molecule has 0 amide bonds. The monoisotopic (exact) mass is 168 g/mol. The topological polar surface area (TPSA) is 69.9 Å². The number of anilines is 2. The summed E-state index contributed by atoms with van der Waals surface area (Å²) in [6.07, 6.45) is 2.56. The zero-order valence-corrected chi connectivity index (χ0v) is 7.83. The molecule has 0 aliphatic rings. The molecule has 0 aromatic carbocycles. The van der Waals surface area contributed by atoms with Gasteiger partial charge in [-0.05, 0) is 20.3 Å². The maximum Gasteiger partial charge on any atom is 0.145 e. The number of nitrogen functional groups attached to an aromatic ring is 2. The van der Waals surface area contributed by atoms with E-state index in [4.69, 9.17) is 11.5 Å². The molecule has 68 valence electrons. The van der Waals surface area contributed by atoms with Crippen molar-refractivity contribution in [2.45, 2.75) is 32.7 Å². The Labute approximate surface area is 72.5 Å². The van der Waals surface area contributed by atoms with Gasteiger partial charge >= 0.3 is 0 Å². The quantitative estimate of drug-likeness (QED) is 0.697. The van der Waals surface area contributed by atoms with Gasteiger partial charge in [-0.1, -0.05) is 6.92 Å². The number of nitrogens with two attached hydrogens (primary N) is 2. The Balaban J connectivity index is 3.11. The fourth-order valence-electron chi connectivity index (χ4n) is 1.00. The molecule has 0 bridgehead atoms. The van der Waals surface area contributed by atoms with Crippen LogP contribution in [0.1, 0.15) is 27.2 Å². The number of hydrogen-bond acceptors (Lipinski definition) is 3. The second-order valence-electron chi connectivity index (χ2n) is 3.56. The molecule has 4 N–H and O–H groups in total. The molecule has 0 aliphatic heterocycles. The van der Waals surface area contributed by atoms with Gasteiger partial charge in [0.25, 0.3) is 0 Å². The van der Waals surface area contributed by atoms with E-state index in [0.29, 0.717) is 11.5 Å². The first-order chi connectivity index (χ1) is 5.49. The lowest BCUT2D eigenvalue weighted by molar-refractivity contribution is 0.313. The van der Waals surface area contributed by atoms with Crippen LogP contribution in [0.3, 0.4) is 0 Å². The van der Waals surface area contributed by atoms with Gasteiger partial charge in [0.1, 0.15) is 5.82 Å². The fourth-order valence-corrected chi connectivity index (χ4v) is 1.00. The summed E-state index contributed by atoms with van der Waals surface area (Å²) in [5, 5.41) is 4.12. The molecule has 0 saturated heterocycles. The van der Waals surface area contributed by atoms with E-state index in [9.17, 15) is 0 Å². The van der Waals surface area contributed by atoms with Gasteiger partial charge in [-0.2, -0.15) is 5.10 Å². The SMILES string of the molecule is CCC(C)(C)n1ncc(N)c1N. The van der Waals surface area contributed by atoms with Gasteiger partial charge in [0.15, 0.2) is 0 Å². The zero-order chi connectivity index (χ0) is 9.35. The van der Waals surface area contributed by atoms with Crippen LogP contribution in [0.15, 0.2) is 6.20 Å². The van der Waals surface area contributed by atoms with Crippen LogP contribution < -0.4 is 11.5 Å². The van der Waals surface area contributed by atoms with E-state index in [2.05, 4.69) is 25.9 Å². The molecular formula is C8H16N4. The molecule has 0 atom stereocenters. The van der Waals surface area contributed by atoms with Crippen molar-refractivity contribution in [2.75, 3.05) is 11.5 Å². The van der Waals surface area contributed by atoms with Gasteiger partial charge in [-0.3, -0.25) is 0 Å². The van der Waals surface area contributed by atoms with Crippen molar-refractivity contribution in [3.8, 4) is 0 Å². The standard InChI is InChI=1S/C8H16N4/c1-4-8(2,3)12-7(10)6(9)5-11-12/h5H,4,9-10H2,1-3H3. The minimum absolute atomic E-state index is 0.0539. The minimum atomic E-state index is -0.0539. The van der Waals surface area contributed by atoms with Crippen molar-refractivity contribution in [3.63, 3.8) is 0 Å². The average molecular weight is 168 g/mol. The van der Waals surface area contributed by atoms with E-state index >= 15 is 0 Å². The van der Waals surface area contributed by atoms with Crippen LogP contribution in [0, 0.1) is 0 Å². The lowest BCUT2D eigenvalue weighted by atomic mass is 10.0. The minimum Gasteiger partial charge on any atom is -0.394 e. The number of rotatable bonds is 2. The van der Waals surface area contributed by atoms with E-state index in [1.54, 1.807) is 10.9 Å². The maximum absolute atomic E-state index is 5.74. The predicted molar refractivity (Wildman–Crippen MR) is 50.7 cm³/mol. The van der Waals surface area contributed by atoms with Crippen LogP contribution in [-0.4, -0.2) is 9.78 Å².